The fourth-order valence-corrected chi connectivity index (χ4v) is 9.02. The summed E-state index contributed by atoms with van der Waals surface area (Å²) in [7, 11) is 1.53. The summed E-state index contributed by atoms with van der Waals surface area (Å²) in [5.74, 6) is 1.11. The van der Waals surface area contributed by atoms with Crippen molar-refractivity contribution in [3.8, 4) is 0 Å². The molecule has 0 radical (unpaired) electrons. The fraction of sp³-hybridized carbons (Fsp3) is 0.822. The van der Waals surface area contributed by atoms with Gasteiger partial charge in [-0.3, -0.25) is 19.1 Å². The fourth-order valence-electron chi connectivity index (χ4n) is 7.47. The van der Waals surface area contributed by atoms with Crippen LogP contribution in [0.5, 0.6) is 0 Å². The zero-order valence-corrected chi connectivity index (χ0v) is 42.2. The summed E-state index contributed by atoms with van der Waals surface area (Å²) in [4.78, 5) is 48.5. The first-order valence-electron chi connectivity index (χ1n) is 24.4. The number of aliphatic imine (C=N–C) groups is 2. The van der Waals surface area contributed by atoms with Gasteiger partial charge >= 0.3 is 6.03 Å². The van der Waals surface area contributed by atoms with Gasteiger partial charge in [0.05, 0.1) is 170 Å². The summed E-state index contributed by atoms with van der Waals surface area (Å²) < 4.78 is 68.6. The molecule has 0 spiro atoms. The molecular formula is C45H79N9O16S. The van der Waals surface area contributed by atoms with Crippen LogP contribution in [0.3, 0.4) is 0 Å². The molecule has 0 saturated carbocycles. The third-order valence-corrected chi connectivity index (χ3v) is 12.7. The van der Waals surface area contributed by atoms with Crippen molar-refractivity contribution in [3.63, 3.8) is 0 Å². The number of aliphatic hydroxyl groups is 1. The lowest BCUT2D eigenvalue weighted by molar-refractivity contribution is -0.144. The molecule has 7 N–H and O–H groups in total. The zero-order valence-electron chi connectivity index (χ0n) is 41.4. The van der Waals surface area contributed by atoms with Crippen LogP contribution >= 0.6 is 11.8 Å². The Labute approximate surface area is 420 Å². The first-order valence-corrected chi connectivity index (χ1v) is 25.5. The van der Waals surface area contributed by atoms with Crippen LogP contribution in [0.2, 0.25) is 0 Å². The lowest BCUT2D eigenvalue weighted by atomic mass is 10.0. The second-order valence-corrected chi connectivity index (χ2v) is 17.6. The first-order chi connectivity index (χ1) is 34.8. The Bertz CT molecular complexity index is 1670. The Kier molecular flexibility index (Phi) is 31.4. The van der Waals surface area contributed by atoms with E-state index in [4.69, 9.17) is 62.6 Å². The van der Waals surface area contributed by atoms with E-state index in [0.717, 1.165) is 25.0 Å². The molecule has 4 rings (SSSR count). The van der Waals surface area contributed by atoms with E-state index >= 15 is 0 Å². The van der Waals surface area contributed by atoms with Gasteiger partial charge < -0.3 is 88.9 Å². The second-order valence-electron chi connectivity index (χ2n) is 16.3. The Morgan fingerprint density at radius 1 is 0.803 bits per heavy atom. The predicted octanol–water partition coefficient (Wildman–Crippen LogP) is -0.875. The minimum absolute atomic E-state index is 0.0330. The molecule has 0 aliphatic carbocycles. The van der Waals surface area contributed by atoms with Crippen molar-refractivity contribution in [2.24, 2.45) is 15.7 Å². The Balaban J connectivity index is 0.793. The van der Waals surface area contributed by atoms with Gasteiger partial charge in [-0.05, 0) is 19.6 Å². The van der Waals surface area contributed by atoms with E-state index < -0.39 is 11.8 Å². The molecule has 0 aromatic carbocycles. The van der Waals surface area contributed by atoms with E-state index in [1.54, 1.807) is 4.57 Å². The number of nitrogens with zero attached hydrogens (tertiary/aromatic N) is 4. The molecule has 25 nitrogen and oxygen atoms in total. The van der Waals surface area contributed by atoms with Crippen LogP contribution in [0.25, 0.3) is 0 Å². The van der Waals surface area contributed by atoms with Gasteiger partial charge in [0.2, 0.25) is 11.8 Å². The van der Waals surface area contributed by atoms with Gasteiger partial charge in [0.15, 0.2) is 11.5 Å². The van der Waals surface area contributed by atoms with E-state index in [-0.39, 0.29) is 75.2 Å². The number of rotatable bonds is 45. The number of carbonyl (C=O) groups excluding carboxylic acids is 3. The minimum atomic E-state index is -1.16. The number of ether oxygens (including phenoxy) is 12. The van der Waals surface area contributed by atoms with Crippen molar-refractivity contribution >= 4 is 48.0 Å². The number of fused-ring (bicyclic) bond motifs is 1. The Hall–Kier alpha value is -3.61. The van der Waals surface area contributed by atoms with E-state index in [1.165, 1.54) is 13.4 Å². The van der Waals surface area contributed by atoms with Crippen LogP contribution in [0.4, 0.5) is 10.6 Å². The van der Waals surface area contributed by atoms with E-state index in [9.17, 15) is 19.5 Å². The molecule has 0 bridgehead atoms. The van der Waals surface area contributed by atoms with Crippen LogP contribution in [0.15, 0.2) is 16.3 Å². The van der Waals surface area contributed by atoms with E-state index in [2.05, 4.69) is 43.0 Å². The summed E-state index contributed by atoms with van der Waals surface area (Å²) in [5, 5.41) is 21.7. The maximum Gasteiger partial charge on any atom is 0.315 e. The van der Waals surface area contributed by atoms with Crippen molar-refractivity contribution in [1.82, 2.24) is 30.8 Å². The molecule has 71 heavy (non-hydrogen) atoms. The number of amides is 4. The van der Waals surface area contributed by atoms with Gasteiger partial charge in [0.1, 0.15) is 18.1 Å². The number of urea groups is 1. The second kappa shape index (κ2) is 37.2. The number of nitrogens with one attached hydrogen (secondary N) is 4. The number of hydrogen-bond acceptors (Lipinski definition) is 20. The topological polar surface area (TPSA) is 299 Å². The third kappa shape index (κ3) is 23.9. The van der Waals surface area contributed by atoms with Gasteiger partial charge in [0.25, 0.3) is 0 Å². The van der Waals surface area contributed by atoms with Crippen molar-refractivity contribution in [2.45, 2.75) is 61.3 Å². The quantitative estimate of drug-likeness (QED) is 0.0200. The molecule has 0 unspecified atom stereocenters. The van der Waals surface area contributed by atoms with E-state index in [0.29, 0.717) is 155 Å². The number of aromatic nitrogens is 2. The van der Waals surface area contributed by atoms with Crippen molar-refractivity contribution in [3.05, 3.63) is 12.0 Å². The van der Waals surface area contributed by atoms with Gasteiger partial charge in [-0.15, -0.1) is 0 Å². The molecule has 3 saturated heterocycles. The number of imidazole rings is 1. The highest BCUT2D eigenvalue weighted by Gasteiger charge is 2.45. The average molecular weight is 1030 g/mol. The Morgan fingerprint density at radius 2 is 1.30 bits per heavy atom. The van der Waals surface area contributed by atoms with Crippen molar-refractivity contribution in [2.75, 3.05) is 178 Å². The lowest BCUT2D eigenvalue weighted by Gasteiger charge is -2.30. The largest absolute Gasteiger partial charge is 0.394 e. The highest BCUT2D eigenvalue weighted by molar-refractivity contribution is 8.00. The molecule has 1 aromatic heterocycles. The van der Waals surface area contributed by atoms with Crippen LogP contribution in [-0.4, -0.2) is 246 Å². The normalized spacial score (nSPS) is 20.8. The molecule has 3 aliphatic rings. The smallest absolute Gasteiger partial charge is 0.315 e. The summed E-state index contributed by atoms with van der Waals surface area (Å²) in [6.07, 6.45) is 4.53. The molecule has 1 aromatic rings. The van der Waals surface area contributed by atoms with E-state index in [1.807, 2.05) is 11.8 Å². The van der Waals surface area contributed by atoms with Gasteiger partial charge in [-0.2, -0.15) is 11.8 Å². The number of hydrogen-bond donors (Lipinski definition) is 6. The molecular weight excluding hydrogens is 955 g/mol. The minimum Gasteiger partial charge on any atom is -0.394 e. The zero-order chi connectivity index (χ0) is 50.6. The number of aliphatic hydroxyl groups excluding tert-OH is 1. The van der Waals surface area contributed by atoms with Gasteiger partial charge in [-0.25, -0.2) is 14.8 Å². The van der Waals surface area contributed by atoms with Gasteiger partial charge in [-0.1, -0.05) is 6.42 Å². The Morgan fingerprint density at radius 3 is 1.76 bits per heavy atom. The summed E-state index contributed by atoms with van der Waals surface area (Å²) in [6, 6.07) is 0.379. The highest BCUT2D eigenvalue weighted by atomic mass is 32.2. The third-order valence-electron chi connectivity index (χ3n) is 11.1. The molecule has 3 fully saturated rings. The van der Waals surface area contributed by atoms with Crippen LogP contribution in [-0.2, 0) is 72.2 Å². The lowest BCUT2D eigenvalue weighted by Crippen LogP contribution is -2.41. The summed E-state index contributed by atoms with van der Waals surface area (Å²) in [5.41, 5.74) is 5.13. The SMILES string of the molecule is C=Nc1c(/C(N)=N\C)ncn1[C@@]1(OCC(=O)NCCOCCOCCOCCOCCOCCOCCOCCOCCOCCOCCNC(=O)CCCC[C@@H]2SC[C@@H]3NC(=O)N[C@@H]32)CO[C@H](CO)C1. The molecule has 406 valence electrons. The maximum absolute atomic E-state index is 12.6. The standard InChI is InChI=1S/C45H79N9O16S/c1-47-42(46)41-43(48-2)54(34-51-41)45(29-35(30-55)69-33-45)70-31-39(57)50-8-10-60-12-14-62-16-18-64-20-22-66-24-26-68-28-27-67-25-23-65-21-19-63-17-15-61-13-11-59-9-7-49-38(56)6-4-3-5-37-40-36(32-71-37)52-44(58)53-40/h34-37,40,55H,2-33H2,1H3,(H2,46,47)(H,49,56)(H,50,57)(H2,52,53,58)/t35-,36-,37-,40-,45-/m0/s1. The van der Waals surface area contributed by atoms with Crippen molar-refractivity contribution in [1.29, 1.82) is 0 Å². The summed E-state index contributed by atoms with van der Waals surface area (Å²) >= 11 is 1.90. The average Bonchev–Trinajstić information content (AvgIpc) is 4.18. The van der Waals surface area contributed by atoms with Crippen molar-refractivity contribution < 1.29 is 76.3 Å². The number of unbranched alkanes of at least 4 members (excludes halogenated alkanes) is 1. The molecule has 5 atom stereocenters. The number of nitrogens with two attached hydrogens (primary N) is 1. The first kappa shape index (κ1) is 59.9. The number of amidine groups is 1. The molecule has 4 amide bonds. The highest BCUT2D eigenvalue weighted by Crippen LogP contribution is 2.37. The monoisotopic (exact) mass is 1030 g/mol. The van der Waals surface area contributed by atoms with Crippen LogP contribution in [0, 0.1) is 0 Å². The van der Waals surface area contributed by atoms with Gasteiger partial charge in [0, 0.05) is 44.0 Å². The summed E-state index contributed by atoms with van der Waals surface area (Å²) in [6.45, 7) is 12.6. The van der Waals surface area contributed by atoms with Crippen LogP contribution < -0.4 is 27.0 Å². The molecule has 26 heteroatoms. The molecule has 3 aliphatic heterocycles. The van der Waals surface area contributed by atoms with Crippen LogP contribution in [0.1, 0.15) is 37.8 Å². The maximum atomic E-state index is 12.6. The number of carbonyl (C=O) groups is 3. The number of thioether (sulfide) groups is 1. The predicted molar refractivity (Wildman–Crippen MR) is 262 cm³/mol. The molecule has 4 heterocycles.